The molecule has 1 N–H and O–H groups in total. The fraction of sp³-hybridized carbons (Fsp3) is 0.917. The quantitative estimate of drug-likeness (QED) is 0.750. The molecule has 0 heterocycles. The summed E-state index contributed by atoms with van der Waals surface area (Å²) >= 11 is 0. The van der Waals surface area contributed by atoms with Crippen LogP contribution in [0.25, 0.3) is 0 Å². The normalized spacial score (nSPS) is 20.7. The van der Waals surface area contributed by atoms with Gasteiger partial charge in [0.05, 0.1) is 12.1 Å². The topological polar surface area (TPSA) is 35.8 Å². The van der Waals surface area contributed by atoms with E-state index in [1.165, 1.54) is 25.7 Å². The highest BCUT2D eigenvalue weighted by atomic mass is 15.0. The molecule has 0 aromatic heterocycles. The zero-order valence-electron chi connectivity index (χ0n) is 9.64. The first-order valence-electron chi connectivity index (χ1n) is 5.67. The van der Waals surface area contributed by atoms with Gasteiger partial charge in [-0.2, -0.15) is 5.26 Å². The maximum absolute atomic E-state index is 9.04. The summed E-state index contributed by atoms with van der Waals surface area (Å²) in [6.07, 6.45) is 6.10. The Labute approximate surface area is 87.7 Å². The molecule has 0 spiro atoms. The summed E-state index contributed by atoms with van der Waals surface area (Å²) in [4.78, 5) is 0. The van der Waals surface area contributed by atoms with Crippen molar-refractivity contribution in [1.29, 1.82) is 5.26 Å². The Bertz CT molecular complexity index is 203. The first-order chi connectivity index (χ1) is 6.51. The molecule has 80 valence electrons. The van der Waals surface area contributed by atoms with Gasteiger partial charge in [0.1, 0.15) is 0 Å². The third-order valence-corrected chi connectivity index (χ3v) is 2.76. The van der Waals surface area contributed by atoms with E-state index in [-0.39, 0.29) is 11.5 Å². The van der Waals surface area contributed by atoms with Crippen LogP contribution >= 0.6 is 0 Å². The van der Waals surface area contributed by atoms with Gasteiger partial charge in [-0.05, 0) is 24.7 Å². The van der Waals surface area contributed by atoms with Gasteiger partial charge in [0.25, 0.3) is 0 Å². The largest absolute Gasteiger partial charge is 0.299 e. The molecule has 1 saturated carbocycles. The summed E-state index contributed by atoms with van der Waals surface area (Å²) < 4.78 is 0. The molecule has 1 aliphatic rings. The van der Waals surface area contributed by atoms with Crippen LogP contribution in [0.4, 0.5) is 0 Å². The van der Waals surface area contributed by atoms with Crippen LogP contribution in [0, 0.1) is 16.7 Å². The molecule has 0 bridgehead atoms. The van der Waals surface area contributed by atoms with Gasteiger partial charge < -0.3 is 0 Å². The first-order valence-corrected chi connectivity index (χ1v) is 5.67. The van der Waals surface area contributed by atoms with E-state index in [2.05, 4.69) is 32.2 Å². The molecule has 2 heteroatoms. The van der Waals surface area contributed by atoms with E-state index < -0.39 is 0 Å². The standard InChI is InChI=1S/C12H22N2/c1-12(2,3)8-11(9-13)14-10-6-4-5-7-10/h10-11,14H,4-8H2,1-3H3. The summed E-state index contributed by atoms with van der Waals surface area (Å²) in [7, 11) is 0. The summed E-state index contributed by atoms with van der Waals surface area (Å²) in [5.41, 5.74) is 0.242. The van der Waals surface area contributed by atoms with Crippen molar-refractivity contribution in [3.8, 4) is 6.07 Å². The molecule has 1 unspecified atom stereocenters. The zero-order valence-corrected chi connectivity index (χ0v) is 9.64. The Balaban J connectivity index is 2.35. The lowest BCUT2D eigenvalue weighted by molar-refractivity contribution is 0.322. The van der Waals surface area contributed by atoms with Crippen molar-refractivity contribution >= 4 is 0 Å². The molecule has 0 aliphatic heterocycles. The van der Waals surface area contributed by atoms with Gasteiger partial charge in [-0.1, -0.05) is 33.6 Å². The van der Waals surface area contributed by atoms with E-state index >= 15 is 0 Å². The number of nitrogens with zero attached hydrogens (tertiary/aromatic N) is 1. The molecular formula is C12H22N2. The van der Waals surface area contributed by atoms with Crippen LogP contribution in [0.3, 0.4) is 0 Å². The second-order valence-corrected chi connectivity index (χ2v) is 5.59. The van der Waals surface area contributed by atoms with Crippen LogP contribution in [-0.4, -0.2) is 12.1 Å². The number of nitriles is 1. The van der Waals surface area contributed by atoms with Crippen molar-refractivity contribution < 1.29 is 0 Å². The van der Waals surface area contributed by atoms with Gasteiger partial charge in [-0.15, -0.1) is 0 Å². The van der Waals surface area contributed by atoms with Gasteiger partial charge in [0.15, 0.2) is 0 Å². The second-order valence-electron chi connectivity index (χ2n) is 5.59. The minimum atomic E-state index is 0.0399. The fourth-order valence-electron chi connectivity index (χ4n) is 2.13. The van der Waals surface area contributed by atoms with Gasteiger partial charge in [0, 0.05) is 6.04 Å². The Hall–Kier alpha value is -0.550. The van der Waals surface area contributed by atoms with E-state index in [9.17, 15) is 0 Å². The zero-order chi connectivity index (χ0) is 10.6. The molecule has 0 aromatic rings. The molecule has 0 aromatic carbocycles. The highest BCUT2D eigenvalue weighted by Crippen LogP contribution is 2.23. The highest BCUT2D eigenvalue weighted by molar-refractivity contribution is 4.95. The minimum Gasteiger partial charge on any atom is -0.299 e. The van der Waals surface area contributed by atoms with E-state index in [1.54, 1.807) is 0 Å². The molecule has 0 radical (unpaired) electrons. The average Bonchev–Trinajstić information content (AvgIpc) is 2.53. The Morgan fingerprint density at radius 2 is 1.93 bits per heavy atom. The molecule has 1 atom stereocenters. The number of rotatable bonds is 3. The lowest BCUT2D eigenvalue weighted by atomic mass is 9.88. The summed E-state index contributed by atoms with van der Waals surface area (Å²) in [5.74, 6) is 0. The van der Waals surface area contributed by atoms with Crippen LogP contribution < -0.4 is 5.32 Å². The molecule has 1 rings (SSSR count). The van der Waals surface area contributed by atoms with Gasteiger partial charge in [-0.3, -0.25) is 5.32 Å². The molecular weight excluding hydrogens is 172 g/mol. The Morgan fingerprint density at radius 1 is 1.36 bits per heavy atom. The molecule has 1 fully saturated rings. The SMILES string of the molecule is CC(C)(C)CC(C#N)NC1CCCC1. The van der Waals surface area contributed by atoms with E-state index in [1.807, 2.05) is 0 Å². The van der Waals surface area contributed by atoms with Crippen molar-refractivity contribution in [3.63, 3.8) is 0 Å². The fourth-order valence-corrected chi connectivity index (χ4v) is 2.13. The lowest BCUT2D eigenvalue weighted by Gasteiger charge is -2.24. The van der Waals surface area contributed by atoms with Crippen molar-refractivity contribution in [1.82, 2.24) is 5.32 Å². The lowest BCUT2D eigenvalue weighted by Crippen LogP contribution is -2.38. The summed E-state index contributed by atoms with van der Waals surface area (Å²) in [5, 5.41) is 12.5. The van der Waals surface area contributed by atoms with Crippen LogP contribution in [0.1, 0.15) is 52.9 Å². The molecule has 0 amide bonds. The number of hydrogen-bond acceptors (Lipinski definition) is 2. The van der Waals surface area contributed by atoms with E-state index in [0.29, 0.717) is 6.04 Å². The number of nitrogens with one attached hydrogen (secondary N) is 1. The van der Waals surface area contributed by atoms with Crippen molar-refractivity contribution in [2.45, 2.75) is 65.0 Å². The molecule has 0 saturated heterocycles. The van der Waals surface area contributed by atoms with Gasteiger partial charge >= 0.3 is 0 Å². The van der Waals surface area contributed by atoms with Crippen molar-refractivity contribution in [2.24, 2.45) is 5.41 Å². The van der Waals surface area contributed by atoms with E-state index in [0.717, 1.165) is 6.42 Å². The monoisotopic (exact) mass is 194 g/mol. The van der Waals surface area contributed by atoms with Crippen molar-refractivity contribution in [3.05, 3.63) is 0 Å². The van der Waals surface area contributed by atoms with Crippen LogP contribution in [0.2, 0.25) is 0 Å². The smallest absolute Gasteiger partial charge is 0.0960 e. The molecule has 1 aliphatic carbocycles. The average molecular weight is 194 g/mol. The van der Waals surface area contributed by atoms with Crippen molar-refractivity contribution in [2.75, 3.05) is 0 Å². The van der Waals surface area contributed by atoms with Gasteiger partial charge in [0.2, 0.25) is 0 Å². The Kier molecular flexibility index (Phi) is 3.95. The minimum absolute atomic E-state index is 0.0399. The maximum Gasteiger partial charge on any atom is 0.0960 e. The maximum atomic E-state index is 9.04. The van der Waals surface area contributed by atoms with Crippen LogP contribution in [0.5, 0.6) is 0 Å². The summed E-state index contributed by atoms with van der Waals surface area (Å²) in [6.45, 7) is 6.56. The molecule has 14 heavy (non-hydrogen) atoms. The highest BCUT2D eigenvalue weighted by Gasteiger charge is 2.22. The van der Waals surface area contributed by atoms with Gasteiger partial charge in [-0.25, -0.2) is 0 Å². The first kappa shape index (κ1) is 11.5. The number of hydrogen-bond donors (Lipinski definition) is 1. The summed E-state index contributed by atoms with van der Waals surface area (Å²) in [6, 6.07) is 3.01. The predicted octanol–water partition coefficient (Wildman–Crippen LogP) is 2.85. The molecule has 2 nitrogen and oxygen atoms in total. The predicted molar refractivity (Wildman–Crippen MR) is 58.9 cm³/mol. The third-order valence-electron chi connectivity index (χ3n) is 2.76. The van der Waals surface area contributed by atoms with Crippen LogP contribution in [0.15, 0.2) is 0 Å². The van der Waals surface area contributed by atoms with Crippen LogP contribution in [-0.2, 0) is 0 Å². The van der Waals surface area contributed by atoms with E-state index in [4.69, 9.17) is 5.26 Å². The second kappa shape index (κ2) is 4.79. The third kappa shape index (κ3) is 4.11. The Morgan fingerprint density at radius 3 is 2.36 bits per heavy atom.